The Hall–Kier alpha value is -1.44. The van der Waals surface area contributed by atoms with Gasteiger partial charge in [0, 0.05) is 25.2 Å². The van der Waals surface area contributed by atoms with E-state index in [1.165, 1.54) is 5.56 Å². The average Bonchev–Trinajstić information content (AvgIpc) is 2.34. The van der Waals surface area contributed by atoms with E-state index in [2.05, 4.69) is 30.3 Å². The summed E-state index contributed by atoms with van der Waals surface area (Å²) < 4.78 is 0. The van der Waals surface area contributed by atoms with Crippen LogP contribution in [-0.4, -0.2) is 10.8 Å². The summed E-state index contributed by atoms with van der Waals surface area (Å²) in [6.07, 6.45) is 7.20. The number of hydrogen-bond donors (Lipinski definition) is 0. The SMILES string of the molecule is C=C.O=C1CCC(c2ccncc2)CC1. The van der Waals surface area contributed by atoms with Crippen molar-refractivity contribution < 1.29 is 4.79 Å². The van der Waals surface area contributed by atoms with Gasteiger partial charge in [0.25, 0.3) is 0 Å². The number of Topliss-reactive ketones (excluding diaryl/α,β-unsaturated/α-hetero) is 1. The summed E-state index contributed by atoms with van der Waals surface area (Å²) in [5, 5.41) is 0. The van der Waals surface area contributed by atoms with Crippen molar-refractivity contribution in [1.29, 1.82) is 0 Å². The van der Waals surface area contributed by atoms with Crippen molar-refractivity contribution >= 4 is 5.78 Å². The second-order valence-corrected chi connectivity index (χ2v) is 3.59. The Bertz CT molecular complexity index is 298. The summed E-state index contributed by atoms with van der Waals surface area (Å²) in [5.74, 6) is 1.01. The number of ketones is 1. The van der Waals surface area contributed by atoms with Crippen molar-refractivity contribution in [3.05, 3.63) is 43.2 Å². The van der Waals surface area contributed by atoms with E-state index in [1.54, 1.807) is 0 Å². The predicted octanol–water partition coefficient (Wildman–Crippen LogP) is 3.11. The Morgan fingerprint density at radius 3 is 2.20 bits per heavy atom. The molecular weight excluding hydrogens is 186 g/mol. The third-order valence-electron chi connectivity index (χ3n) is 2.72. The van der Waals surface area contributed by atoms with Crippen LogP contribution in [0.15, 0.2) is 37.7 Å². The van der Waals surface area contributed by atoms with Crippen LogP contribution in [0.2, 0.25) is 0 Å². The topological polar surface area (TPSA) is 30.0 Å². The van der Waals surface area contributed by atoms with Crippen LogP contribution < -0.4 is 0 Å². The standard InChI is InChI=1S/C11H13NO.C2H4/c13-11-3-1-9(2-4-11)10-5-7-12-8-6-10;1-2/h5-9H,1-4H2;1-2H2. The van der Waals surface area contributed by atoms with Crippen LogP contribution in [0.4, 0.5) is 0 Å². The minimum absolute atomic E-state index is 0.422. The Kier molecular flexibility index (Phi) is 4.75. The minimum atomic E-state index is 0.422. The molecule has 2 nitrogen and oxygen atoms in total. The molecule has 1 fully saturated rings. The van der Waals surface area contributed by atoms with Gasteiger partial charge in [0.1, 0.15) is 5.78 Å². The first-order valence-corrected chi connectivity index (χ1v) is 5.28. The van der Waals surface area contributed by atoms with Gasteiger partial charge in [0.05, 0.1) is 0 Å². The highest BCUT2D eigenvalue weighted by Crippen LogP contribution is 2.30. The molecule has 0 unspecified atom stereocenters. The molecule has 15 heavy (non-hydrogen) atoms. The van der Waals surface area contributed by atoms with Crippen molar-refractivity contribution in [3.8, 4) is 0 Å². The summed E-state index contributed by atoms with van der Waals surface area (Å²) in [4.78, 5) is 15.0. The maximum Gasteiger partial charge on any atom is 0.132 e. The van der Waals surface area contributed by atoms with Gasteiger partial charge in [-0.2, -0.15) is 0 Å². The summed E-state index contributed by atoms with van der Waals surface area (Å²) in [6.45, 7) is 6.00. The first kappa shape index (κ1) is 11.6. The molecule has 1 aromatic rings. The van der Waals surface area contributed by atoms with Gasteiger partial charge in [-0.15, -0.1) is 13.2 Å². The molecule has 0 N–H and O–H groups in total. The number of aromatic nitrogens is 1. The molecule has 1 aromatic heterocycles. The van der Waals surface area contributed by atoms with Gasteiger partial charge in [0.15, 0.2) is 0 Å². The van der Waals surface area contributed by atoms with Crippen molar-refractivity contribution in [1.82, 2.24) is 4.98 Å². The van der Waals surface area contributed by atoms with Crippen LogP contribution in [0.25, 0.3) is 0 Å². The van der Waals surface area contributed by atoms with E-state index in [-0.39, 0.29) is 0 Å². The van der Waals surface area contributed by atoms with E-state index in [4.69, 9.17) is 0 Å². The van der Waals surface area contributed by atoms with Crippen LogP contribution in [0.3, 0.4) is 0 Å². The molecule has 0 aliphatic heterocycles. The number of hydrogen-bond acceptors (Lipinski definition) is 2. The van der Waals surface area contributed by atoms with Crippen molar-refractivity contribution in [3.63, 3.8) is 0 Å². The highest BCUT2D eigenvalue weighted by Gasteiger charge is 2.19. The molecule has 0 aromatic carbocycles. The molecule has 0 atom stereocenters. The fraction of sp³-hybridized carbons (Fsp3) is 0.385. The molecule has 1 saturated carbocycles. The normalized spacial score (nSPS) is 16.7. The van der Waals surface area contributed by atoms with Crippen molar-refractivity contribution in [2.24, 2.45) is 0 Å². The molecule has 2 heteroatoms. The number of pyridine rings is 1. The molecule has 1 aliphatic carbocycles. The summed E-state index contributed by atoms with van der Waals surface area (Å²) >= 11 is 0. The van der Waals surface area contributed by atoms with Gasteiger partial charge in [-0.05, 0) is 36.5 Å². The smallest absolute Gasteiger partial charge is 0.132 e. The molecule has 0 saturated heterocycles. The Labute approximate surface area is 91.0 Å². The maximum atomic E-state index is 11.0. The lowest BCUT2D eigenvalue weighted by Gasteiger charge is -2.20. The lowest BCUT2D eigenvalue weighted by molar-refractivity contribution is -0.120. The summed E-state index contributed by atoms with van der Waals surface area (Å²) in [7, 11) is 0. The number of carbonyl (C=O) groups is 1. The van der Waals surface area contributed by atoms with Gasteiger partial charge in [-0.1, -0.05) is 0 Å². The highest BCUT2D eigenvalue weighted by molar-refractivity contribution is 5.79. The molecule has 1 heterocycles. The lowest BCUT2D eigenvalue weighted by Crippen LogP contribution is -2.12. The van der Waals surface area contributed by atoms with Gasteiger partial charge in [-0.3, -0.25) is 9.78 Å². The molecule has 0 radical (unpaired) electrons. The Balaban J connectivity index is 0.000000531. The van der Waals surface area contributed by atoms with Crippen molar-refractivity contribution in [2.45, 2.75) is 31.6 Å². The van der Waals surface area contributed by atoms with Crippen LogP contribution in [0.1, 0.15) is 37.2 Å². The lowest BCUT2D eigenvalue weighted by atomic mass is 9.84. The van der Waals surface area contributed by atoms with Crippen molar-refractivity contribution in [2.75, 3.05) is 0 Å². The monoisotopic (exact) mass is 203 g/mol. The van der Waals surface area contributed by atoms with E-state index >= 15 is 0 Å². The summed E-state index contributed by atoms with van der Waals surface area (Å²) in [6, 6.07) is 4.11. The zero-order valence-electron chi connectivity index (χ0n) is 8.98. The van der Waals surface area contributed by atoms with E-state index in [0.717, 1.165) is 25.7 Å². The largest absolute Gasteiger partial charge is 0.300 e. The molecule has 1 aliphatic rings. The summed E-state index contributed by atoms with van der Waals surface area (Å²) in [5.41, 5.74) is 1.34. The average molecular weight is 203 g/mol. The zero-order valence-corrected chi connectivity index (χ0v) is 8.98. The second-order valence-electron chi connectivity index (χ2n) is 3.59. The third kappa shape index (κ3) is 3.31. The molecule has 0 bridgehead atoms. The quantitative estimate of drug-likeness (QED) is 0.656. The Morgan fingerprint density at radius 2 is 1.67 bits per heavy atom. The number of rotatable bonds is 1. The van der Waals surface area contributed by atoms with Gasteiger partial charge < -0.3 is 0 Å². The number of carbonyl (C=O) groups excluding carboxylic acids is 1. The van der Waals surface area contributed by atoms with E-state index < -0.39 is 0 Å². The maximum absolute atomic E-state index is 11.0. The zero-order chi connectivity index (χ0) is 11.1. The molecule has 2 rings (SSSR count). The van der Waals surface area contributed by atoms with Crippen LogP contribution in [-0.2, 0) is 4.79 Å². The fourth-order valence-electron chi connectivity index (χ4n) is 1.91. The van der Waals surface area contributed by atoms with E-state index in [1.807, 2.05) is 12.4 Å². The fourth-order valence-corrected chi connectivity index (χ4v) is 1.91. The molecule has 80 valence electrons. The highest BCUT2D eigenvalue weighted by atomic mass is 16.1. The minimum Gasteiger partial charge on any atom is -0.300 e. The van der Waals surface area contributed by atoms with E-state index in [0.29, 0.717) is 11.7 Å². The molecule has 0 amide bonds. The first-order chi connectivity index (χ1) is 7.36. The van der Waals surface area contributed by atoms with Gasteiger partial charge in [-0.25, -0.2) is 0 Å². The van der Waals surface area contributed by atoms with Crippen LogP contribution >= 0.6 is 0 Å². The van der Waals surface area contributed by atoms with E-state index in [9.17, 15) is 4.79 Å². The van der Waals surface area contributed by atoms with Gasteiger partial charge >= 0.3 is 0 Å². The van der Waals surface area contributed by atoms with Crippen LogP contribution in [0.5, 0.6) is 0 Å². The third-order valence-corrected chi connectivity index (χ3v) is 2.72. The predicted molar refractivity (Wildman–Crippen MR) is 61.7 cm³/mol. The Morgan fingerprint density at radius 1 is 1.13 bits per heavy atom. The van der Waals surface area contributed by atoms with Gasteiger partial charge in [0.2, 0.25) is 0 Å². The second kappa shape index (κ2) is 6.12. The number of nitrogens with zero attached hydrogens (tertiary/aromatic N) is 1. The molecule has 0 spiro atoms. The first-order valence-electron chi connectivity index (χ1n) is 5.28. The van der Waals surface area contributed by atoms with Crippen LogP contribution in [0, 0.1) is 0 Å². The molecular formula is C13H17NO.